The number of halogens is 3. The number of pyridine rings is 1. The molecule has 12 heteroatoms. The number of thiazole rings is 1. The number of hydrogen-bond acceptors (Lipinski definition) is 6. The summed E-state index contributed by atoms with van der Waals surface area (Å²) in [4.78, 5) is 30.0. The van der Waals surface area contributed by atoms with Gasteiger partial charge in [-0.2, -0.15) is 13.2 Å². The summed E-state index contributed by atoms with van der Waals surface area (Å²) in [7, 11) is 0. The predicted molar refractivity (Wildman–Crippen MR) is 116 cm³/mol. The van der Waals surface area contributed by atoms with E-state index in [0.717, 1.165) is 5.38 Å². The molecule has 0 aliphatic carbocycles. The molecule has 0 unspecified atom stereocenters. The second kappa shape index (κ2) is 10.3. The van der Waals surface area contributed by atoms with E-state index >= 15 is 0 Å². The number of carboxylic acid groups (broad SMARTS) is 1. The fourth-order valence-electron chi connectivity index (χ4n) is 2.48. The van der Waals surface area contributed by atoms with Crippen LogP contribution in [0.15, 0.2) is 17.5 Å². The first-order chi connectivity index (χ1) is 14.4. The Kier molecular flexibility index (Phi) is 8.75. The molecule has 2 aromatic heterocycles. The molecule has 32 heavy (non-hydrogen) atoms. The average molecular weight is 477 g/mol. The molecule has 178 valence electrons. The van der Waals surface area contributed by atoms with Gasteiger partial charge in [0.15, 0.2) is 16.5 Å². The zero-order valence-electron chi connectivity index (χ0n) is 18.8. The van der Waals surface area contributed by atoms with Crippen molar-refractivity contribution in [3.05, 3.63) is 34.6 Å². The number of alkyl halides is 3. The minimum Gasteiger partial charge on any atom is -0.465 e. The van der Waals surface area contributed by atoms with E-state index in [1.165, 1.54) is 12.1 Å². The van der Waals surface area contributed by atoms with Gasteiger partial charge in [-0.3, -0.25) is 15.4 Å². The SMILES string of the molecule is CC(C)(C)OC(C)(C)C.Cc1ccc(NC(=O)O)c(C(=O)Nc2nc(C(F)(F)F)cs2)n1. The molecule has 0 radical (unpaired) electrons. The number of nitrogens with zero attached hydrogens (tertiary/aromatic N) is 2. The van der Waals surface area contributed by atoms with E-state index < -0.39 is 23.9 Å². The Morgan fingerprint density at radius 2 is 1.56 bits per heavy atom. The maximum absolute atomic E-state index is 12.5. The van der Waals surface area contributed by atoms with Gasteiger partial charge in [-0.15, -0.1) is 11.3 Å². The van der Waals surface area contributed by atoms with Crippen LogP contribution in [0.4, 0.5) is 28.8 Å². The van der Waals surface area contributed by atoms with E-state index in [9.17, 15) is 22.8 Å². The minimum atomic E-state index is -4.61. The molecule has 0 spiro atoms. The zero-order valence-corrected chi connectivity index (χ0v) is 19.7. The van der Waals surface area contributed by atoms with Crippen LogP contribution in [-0.2, 0) is 10.9 Å². The highest BCUT2D eigenvalue weighted by atomic mass is 32.1. The van der Waals surface area contributed by atoms with Crippen LogP contribution < -0.4 is 10.6 Å². The van der Waals surface area contributed by atoms with Crippen LogP contribution in [0.3, 0.4) is 0 Å². The maximum Gasteiger partial charge on any atom is 0.434 e. The summed E-state index contributed by atoms with van der Waals surface area (Å²) in [6.45, 7) is 14.0. The smallest absolute Gasteiger partial charge is 0.434 e. The van der Waals surface area contributed by atoms with Crippen molar-refractivity contribution < 1.29 is 32.6 Å². The number of rotatable bonds is 3. The number of carbonyl (C=O) groups excluding carboxylic acids is 1. The molecule has 0 bridgehead atoms. The molecule has 2 rings (SSSR count). The number of nitrogens with one attached hydrogen (secondary N) is 2. The summed E-state index contributed by atoms with van der Waals surface area (Å²) in [5.74, 6) is -0.875. The molecule has 0 saturated heterocycles. The second-order valence-electron chi connectivity index (χ2n) is 8.60. The lowest BCUT2D eigenvalue weighted by Crippen LogP contribution is -2.31. The fraction of sp³-hybridized carbons (Fsp3) is 0.500. The molecule has 0 aliphatic rings. The molecule has 2 amide bonds. The van der Waals surface area contributed by atoms with E-state index in [1.54, 1.807) is 6.92 Å². The van der Waals surface area contributed by atoms with E-state index in [2.05, 4.69) is 56.8 Å². The number of carbonyl (C=O) groups is 2. The lowest BCUT2D eigenvalue weighted by Gasteiger charge is -2.30. The summed E-state index contributed by atoms with van der Waals surface area (Å²) in [6, 6.07) is 2.81. The topological polar surface area (TPSA) is 113 Å². The third-order valence-corrected chi connectivity index (χ3v) is 3.88. The Hall–Kier alpha value is -2.73. The van der Waals surface area contributed by atoms with Gasteiger partial charge >= 0.3 is 12.3 Å². The highest BCUT2D eigenvalue weighted by molar-refractivity contribution is 7.14. The second-order valence-corrected chi connectivity index (χ2v) is 9.45. The van der Waals surface area contributed by atoms with E-state index in [-0.39, 0.29) is 27.7 Å². The molecular weight excluding hydrogens is 449 g/mol. The van der Waals surface area contributed by atoms with E-state index in [4.69, 9.17) is 9.84 Å². The first-order valence-corrected chi connectivity index (χ1v) is 10.3. The molecule has 0 aromatic carbocycles. The van der Waals surface area contributed by atoms with Crippen LogP contribution in [0, 0.1) is 6.92 Å². The lowest BCUT2D eigenvalue weighted by atomic mass is 10.1. The van der Waals surface area contributed by atoms with Crippen molar-refractivity contribution in [3.8, 4) is 0 Å². The lowest BCUT2D eigenvalue weighted by molar-refractivity contribution is -0.140. The predicted octanol–water partition coefficient (Wildman–Crippen LogP) is 5.81. The highest BCUT2D eigenvalue weighted by Crippen LogP contribution is 2.31. The normalized spacial score (nSPS) is 11.9. The standard InChI is InChI=1S/C12H9F3N4O3S.C8H18O/c1-5-2-3-6(17-11(21)22)8(16-5)9(20)19-10-18-7(4-23-10)12(13,14)15;1-7(2,3)9-8(4,5)6/h2-4,17H,1H3,(H,21,22)(H,18,19,20);1-6H3. The molecule has 0 atom stereocenters. The van der Waals surface area contributed by atoms with Gasteiger partial charge in [0.05, 0.1) is 16.9 Å². The first-order valence-electron chi connectivity index (χ1n) is 9.39. The van der Waals surface area contributed by atoms with Crippen molar-refractivity contribution >= 4 is 34.2 Å². The molecule has 0 saturated carbocycles. The van der Waals surface area contributed by atoms with E-state index in [0.29, 0.717) is 17.0 Å². The molecular formula is C20H27F3N4O4S. The molecule has 0 aliphatic heterocycles. The largest absolute Gasteiger partial charge is 0.465 e. The Balaban J connectivity index is 0.000000482. The third kappa shape index (κ3) is 10.1. The van der Waals surface area contributed by atoms with Gasteiger partial charge in [-0.25, -0.2) is 14.8 Å². The van der Waals surface area contributed by atoms with Crippen molar-refractivity contribution in [1.29, 1.82) is 0 Å². The van der Waals surface area contributed by atoms with Crippen molar-refractivity contribution in [1.82, 2.24) is 9.97 Å². The monoisotopic (exact) mass is 476 g/mol. The number of anilines is 2. The highest BCUT2D eigenvalue weighted by Gasteiger charge is 2.34. The van der Waals surface area contributed by atoms with Gasteiger partial charge in [0, 0.05) is 11.1 Å². The van der Waals surface area contributed by atoms with Crippen molar-refractivity contribution in [2.75, 3.05) is 10.6 Å². The van der Waals surface area contributed by atoms with Crippen LogP contribution >= 0.6 is 11.3 Å². The van der Waals surface area contributed by atoms with Crippen LogP contribution in [0.2, 0.25) is 0 Å². The van der Waals surface area contributed by atoms with Gasteiger partial charge < -0.3 is 9.84 Å². The molecule has 8 nitrogen and oxygen atoms in total. The van der Waals surface area contributed by atoms with Gasteiger partial charge in [0.1, 0.15) is 0 Å². The number of amides is 2. The zero-order chi connectivity index (χ0) is 24.9. The summed E-state index contributed by atoms with van der Waals surface area (Å²) in [5, 5.41) is 13.4. The average Bonchev–Trinajstić information content (AvgIpc) is 3.02. The first kappa shape index (κ1) is 27.3. The Morgan fingerprint density at radius 1 is 1.00 bits per heavy atom. The molecule has 2 heterocycles. The molecule has 2 aromatic rings. The number of aromatic nitrogens is 2. The van der Waals surface area contributed by atoms with E-state index in [1.807, 2.05) is 5.32 Å². The Morgan fingerprint density at radius 3 is 1.97 bits per heavy atom. The molecule has 3 N–H and O–H groups in total. The summed E-state index contributed by atoms with van der Waals surface area (Å²) in [5.41, 5.74) is -1.08. The Labute approximate surface area is 188 Å². The van der Waals surface area contributed by atoms with Crippen molar-refractivity contribution in [3.63, 3.8) is 0 Å². The maximum atomic E-state index is 12.5. The third-order valence-electron chi connectivity index (χ3n) is 3.12. The summed E-state index contributed by atoms with van der Waals surface area (Å²) in [6.07, 6.45) is -6.02. The number of aryl methyl sites for hydroxylation is 1. The Bertz CT molecular complexity index is 936. The van der Waals surface area contributed by atoms with Gasteiger partial charge in [-0.05, 0) is 60.6 Å². The fourth-order valence-corrected chi connectivity index (χ4v) is 3.19. The van der Waals surface area contributed by atoms with Crippen LogP contribution in [-0.4, -0.2) is 38.3 Å². The van der Waals surface area contributed by atoms with Crippen molar-refractivity contribution in [2.45, 2.75) is 65.8 Å². The van der Waals surface area contributed by atoms with Gasteiger partial charge in [-0.1, -0.05) is 0 Å². The summed E-state index contributed by atoms with van der Waals surface area (Å²) < 4.78 is 43.0. The number of hydrogen-bond donors (Lipinski definition) is 3. The van der Waals surface area contributed by atoms with Crippen molar-refractivity contribution in [2.24, 2.45) is 0 Å². The quantitative estimate of drug-likeness (QED) is 0.515. The van der Waals surface area contributed by atoms with Crippen LogP contribution in [0.1, 0.15) is 63.4 Å². The van der Waals surface area contributed by atoms with Gasteiger partial charge in [0.25, 0.3) is 5.91 Å². The molecule has 0 fully saturated rings. The van der Waals surface area contributed by atoms with Crippen LogP contribution in [0.5, 0.6) is 0 Å². The van der Waals surface area contributed by atoms with Gasteiger partial charge in [0.2, 0.25) is 0 Å². The van der Waals surface area contributed by atoms with Crippen LogP contribution in [0.25, 0.3) is 0 Å². The summed E-state index contributed by atoms with van der Waals surface area (Å²) >= 11 is 0.596. The minimum absolute atomic E-state index is 0.0156. The number of ether oxygens (including phenoxy) is 1.